The highest BCUT2D eigenvalue weighted by Crippen LogP contribution is 2.25. The predicted octanol–water partition coefficient (Wildman–Crippen LogP) is 3.91. The standard InChI is InChI=1S/C10H13Cl2N.ClH/c1-7(2)13-6-8-4-3-5-9(11)10(8)12;/h3-5,7,13H,6H2,1-2H3;1H. The number of hydrogen-bond donors (Lipinski definition) is 1. The van der Waals surface area contributed by atoms with Gasteiger partial charge in [0.15, 0.2) is 0 Å². The molecule has 1 aromatic carbocycles. The van der Waals surface area contributed by atoms with Gasteiger partial charge >= 0.3 is 0 Å². The van der Waals surface area contributed by atoms with Crippen LogP contribution in [0, 0.1) is 0 Å². The van der Waals surface area contributed by atoms with Crippen molar-refractivity contribution in [3.63, 3.8) is 0 Å². The predicted molar refractivity (Wildman–Crippen MR) is 65.7 cm³/mol. The fourth-order valence-electron chi connectivity index (χ4n) is 0.999. The molecule has 0 bridgehead atoms. The Hall–Kier alpha value is 0.0500. The van der Waals surface area contributed by atoms with Gasteiger partial charge in [-0.1, -0.05) is 49.2 Å². The third-order valence-electron chi connectivity index (χ3n) is 1.73. The smallest absolute Gasteiger partial charge is 0.0637 e. The molecule has 14 heavy (non-hydrogen) atoms. The second kappa shape index (κ2) is 6.52. The summed E-state index contributed by atoms with van der Waals surface area (Å²) in [5.41, 5.74) is 1.04. The molecular weight excluding hydrogens is 240 g/mol. The Balaban J connectivity index is 0.00000169. The molecule has 1 rings (SSSR count). The van der Waals surface area contributed by atoms with Crippen molar-refractivity contribution in [1.29, 1.82) is 0 Å². The second-order valence-electron chi connectivity index (χ2n) is 3.25. The summed E-state index contributed by atoms with van der Waals surface area (Å²) >= 11 is 11.9. The summed E-state index contributed by atoms with van der Waals surface area (Å²) in [5.74, 6) is 0. The zero-order chi connectivity index (χ0) is 9.84. The highest BCUT2D eigenvalue weighted by molar-refractivity contribution is 6.42. The molecule has 1 aromatic rings. The number of rotatable bonds is 3. The van der Waals surface area contributed by atoms with Crippen LogP contribution in [0.25, 0.3) is 0 Å². The largest absolute Gasteiger partial charge is 0.310 e. The van der Waals surface area contributed by atoms with E-state index in [9.17, 15) is 0 Å². The fourth-order valence-corrected chi connectivity index (χ4v) is 1.39. The van der Waals surface area contributed by atoms with Crippen LogP contribution in [0.3, 0.4) is 0 Å². The van der Waals surface area contributed by atoms with Crippen molar-refractivity contribution in [1.82, 2.24) is 5.32 Å². The van der Waals surface area contributed by atoms with Crippen molar-refractivity contribution >= 4 is 35.6 Å². The molecule has 1 nitrogen and oxygen atoms in total. The average molecular weight is 255 g/mol. The first-order valence-electron chi connectivity index (χ1n) is 4.27. The highest BCUT2D eigenvalue weighted by Gasteiger charge is 2.03. The third kappa shape index (κ3) is 4.05. The zero-order valence-electron chi connectivity index (χ0n) is 8.18. The maximum Gasteiger partial charge on any atom is 0.0637 e. The summed E-state index contributed by atoms with van der Waals surface area (Å²) in [4.78, 5) is 0. The van der Waals surface area contributed by atoms with E-state index < -0.39 is 0 Å². The van der Waals surface area contributed by atoms with Crippen molar-refractivity contribution in [2.75, 3.05) is 0 Å². The van der Waals surface area contributed by atoms with Crippen LogP contribution in [0.2, 0.25) is 10.0 Å². The van der Waals surface area contributed by atoms with E-state index in [2.05, 4.69) is 19.2 Å². The molecule has 0 saturated heterocycles. The molecule has 0 atom stereocenters. The Kier molecular flexibility index (Phi) is 6.54. The first-order valence-corrected chi connectivity index (χ1v) is 5.03. The Morgan fingerprint density at radius 2 is 1.93 bits per heavy atom. The zero-order valence-corrected chi connectivity index (χ0v) is 10.5. The summed E-state index contributed by atoms with van der Waals surface area (Å²) < 4.78 is 0. The third-order valence-corrected chi connectivity index (χ3v) is 2.59. The summed E-state index contributed by atoms with van der Waals surface area (Å²) in [5, 5.41) is 4.55. The average Bonchev–Trinajstić information content (AvgIpc) is 2.07. The maximum atomic E-state index is 6.00. The van der Waals surface area contributed by atoms with Gasteiger partial charge in [0, 0.05) is 12.6 Å². The molecule has 0 amide bonds. The Bertz CT molecular complexity index is 287. The van der Waals surface area contributed by atoms with Crippen molar-refractivity contribution in [2.24, 2.45) is 0 Å². The van der Waals surface area contributed by atoms with Gasteiger partial charge in [0.25, 0.3) is 0 Å². The van der Waals surface area contributed by atoms with Crippen molar-refractivity contribution < 1.29 is 0 Å². The van der Waals surface area contributed by atoms with Crippen molar-refractivity contribution in [2.45, 2.75) is 26.4 Å². The van der Waals surface area contributed by atoms with Crippen LogP contribution >= 0.6 is 35.6 Å². The topological polar surface area (TPSA) is 12.0 Å². The molecule has 0 spiro atoms. The van der Waals surface area contributed by atoms with Crippen LogP contribution < -0.4 is 5.32 Å². The Labute approximate surface area is 101 Å². The summed E-state index contributed by atoms with van der Waals surface area (Å²) in [6.07, 6.45) is 0. The van der Waals surface area contributed by atoms with Gasteiger partial charge in [-0.25, -0.2) is 0 Å². The number of nitrogens with one attached hydrogen (secondary N) is 1. The molecule has 0 aliphatic heterocycles. The monoisotopic (exact) mass is 253 g/mol. The van der Waals surface area contributed by atoms with Crippen LogP contribution in [0.4, 0.5) is 0 Å². The lowest BCUT2D eigenvalue weighted by molar-refractivity contribution is 0.589. The van der Waals surface area contributed by atoms with Gasteiger partial charge in [0.05, 0.1) is 10.0 Å². The maximum absolute atomic E-state index is 6.00. The van der Waals surface area contributed by atoms with Gasteiger partial charge in [-0.2, -0.15) is 0 Å². The van der Waals surface area contributed by atoms with E-state index in [-0.39, 0.29) is 12.4 Å². The van der Waals surface area contributed by atoms with Crippen molar-refractivity contribution in [3.05, 3.63) is 33.8 Å². The number of halogens is 3. The molecule has 0 unspecified atom stereocenters. The van der Waals surface area contributed by atoms with Crippen LogP contribution in [-0.4, -0.2) is 6.04 Å². The lowest BCUT2D eigenvalue weighted by atomic mass is 10.2. The van der Waals surface area contributed by atoms with E-state index >= 15 is 0 Å². The minimum Gasteiger partial charge on any atom is -0.310 e. The van der Waals surface area contributed by atoms with Crippen LogP contribution in [0.15, 0.2) is 18.2 Å². The van der Waals surface area contributed by atoms with E-state index in [1.807, 2.05) is 12.1 Å². The summed E-state index contributed by atoms with van der Waals surface area (Å²) in [6, 6.07) is 6.13. The minimum absolute atomic E-state index is 0. The molecule has 0 saturated carbocycles. The summed E-state index contributed by atoms with van der Waals surface area (Å²) in [7, 11) is 0. The fraction of sp³-hybridized carbons (Fsp3) is 0.400. The lowest BCUT2D eigenvalue weighted by Crippen LogP contribution is -2.21. The molecule has 4 heteroatoms. The molecule has 80 valence electrons. The van der Waals surface area contributed by atoms with Gasteiger partial charge in [-0.15, -0.1) is 12.4 Å². The molecule has 0 radical (unpaired) electrons. The number of benzene rings is 1. The normalized spacial score (nSPS) is 10.1. The van der Waals surface area contributed by atoms with Gasteiger partial charge in [0.2, 0.25) is 0 Å². The van der Waals surface area contributed by atoms with E-state index in [1.165, 1.54) is 0 Å². The Morgan fingerprint density at radius 3 is 2.50 bits per heavy atom. The quantitative estimate of drug-likeness (QED) is 0.862. The van der Waals surface area contributed by atoms with Crippen LogP contribution in [-0.2, 0) is 6.54 Å². The molecule has 0 aliphatic carbocycles. The second-order valence-corrected chi connectivity index (χ2v) is 4.03. The van der Waals surface area contributed by atoms with E-state index in [0.717, 1.165) is 12.1 Å². The molecule has 0 aliphatic rings. The van der Waals surface area contributed by atoms with E-state index in [0.29, 0.717) is 16.1 Å². The van der Waals surface area contributed by atoms with Gasteiger partial charge < -0.3 is 5.32 Å². The van der Waals surface area contributed by atoms with E-state index in [1.54, 1.807) is 6.07 Å². The van der Waals surface area contributed by atoms with E-state index in [4.69, 9.17) is 23.2 Å². The van der Waals surface area contributed by atoms with Gasteiger partial charge in [-0.05, 0) is 11.6 Å². The first-order chi connectivity index (χ1) is 6.11. The highest BCUT2D eigenvalue weighted by atomic mass is 35.5. The molecule has 0 heterocycles. The first kappa shape index (κ1) is 14.1. The van der Waals surface area contributed by atoms with Crippen LogP contribution in [0.5, 0.6) is 0 Å². The van der Waals surface area contributed by atoms with Crippen molar-refractivity contribution in [3.8, 4) is 0 Å². The molecule has 0 aromatic heterocycles. The molecule has 1 N–H and O–H groups in total. The van der Waals surface area contributed by atoms with Gasteiger partial charge in [-0.3, -0.25) is 0 Å². The van der Waals surface area contributed by atoms with Gasteiger partial charge in [0.1, 0.15) is 0 Å². The number of hydrogen-bond acceptors (Lipinski definition) is 1. The Morgan fingerprint density at radius 1 is 1.29 bits per heavy atom. The lowest BCUT2D eigenvalue weighted by Gasteiger charge is -2.09. The minimum atomic E-state index is 0. The molecule has 0 fully saturated rings. The van der Waals surface area contributed by atoms with Crippen LogP contribution in [0.1, 0.15) is 19.4 Å². The molecular formula is C10H14Cl3N. The summed E-state index contributed by atoms with van der Waals surface area (Å²) in [6.45, 7) is 4.95. The SMILES string of the molecule is CC(C)NCc1cccc(Cl)c1Cl.Cl.